The number of fused-ring (bicyclic) bond motifs is 1. The number of pyridine rings is 1. The van der Waals surface area contributed by atoms with E-state index in [1.54, 1.807) is 49.5 Å². The smallest absolute Gasteiger partial charge is 0.322 e. The highest BCUT2D eigenvalue weighted by Crippen LogP contribution is 2.20. The molecular formula is C26H34N4O4. The summed E-state index contributed by atoms with van der Waals surface area (Å²) in [4.78, 5) is 32.9. The van der Waals surface area contributed by atoms with Gasteiger partial charge in [-0.15, -0.1) is 0 Å². The van der Waals surface area contributed by atoms with E-state index in [1.807, 2.05) is 18.2 Å². The van der Waals surface area contributed by atoms with Crippen molar-refractivity contribution < 1.29 is 14.3 Å². The molecule has 1 aromatic heterocycles. The molecule has 182 valence electrons. The minimum absolute atomic E-state index is 0.197. The molecule has 34 heavy (non-hydrogen) atoms. The molecule has 8 heteroatoms. The number of urea groups is 1. The first-order chi connectivity index (χ1) is 16.5. The summed E-state index contributed by atoms with van der Waals surface area (Å²) in [5.41, 5.74) is 1.71. The Morgan fingerprint density at radius 3 is 2.26 bits per heavy atom. The van der Waals surface area contributed by atoms with Gasteiger partial charge in [-0.1, -0.05) is 13.8 Å². The molecule has 0 atom stereocenters. The Hall–Kier alpha value is -3.52. The van der Waals surface area contributed by atoms with Gasteiger partial charge in [0.1, 0.15) is 11.5 Å². The number of hydrogen-bond donors (Lipinski definition) is 2. The Morgan fingerprint density at radius 1 is 0.941 bits per heavy atom. The molecule has 0 bridgehead atoms. The van der Waals surface area contributed by atoms with Crippen LogP contribution in [0, 0.1) is 0 Å². The maximum Gasteiger partial charge on any atom is 0.322 e. The number of benzene rings is 2. The lowest BCUT2D eigenvalue weighted by molar-refractivity contribution is 0.202. The lowest BCUT2D eigenvalue weighted by Gasteiger charge is -2.25. The van der Waals surface area contributed by atoms with Crippen molar-refractivity contribution in [1.82, 2.24) is 14.8 Å². The molecule has 0 saturated carbocycles. The summed E-state index contributed by atoms with van der Waals surface area (Å²) in [5, 5.41) is 3.79. The molecule has 0 radical (unpaired) electrons. The predicted octanol–water partition coefficient (Wildman–Crippen LogP) is 4.31. The highest BCUT2D eigenvalue weighted by molar-refractivity contribution is 5.89. The summed E-state index contributed by atoms with van der Waals surface area (Å²) < 4.78 is 10.5. The normalized spacial score (nSPS) is 11.0. The summed E-state index contributed by atoms with van der Waals surface area (Å²) in [5.74, 6) is 1.42. The summed E-state index contributed by atoms with van der Waals surface area (Å²) >= 11 is 0. The first-order valence-corrected chi connectivity index (χ1v) is 11.6. The lowest BCUT2D eigenvalue weighted by Crippen LogP contribution is -2.38. The van der Waals surface area contributed by atoms with E-state index in [-0.39, 0.29) is 18.1 Å². The maximum atomic E-state index is 13.2. The van der Waals surface area contributed by atoms with Gasteiger partial charge in [-0.2, -0.15) is 0 Å². The van der Waals surface area contributed by atoms with E-state index >= 15 is 0 Å². The molecule has 8 nitrogen and oxygen atoms in total. The molecule has 3 rings (SSSR count). The van der Waals surface area contributed by atoms with Gasteiger partial charge >= 0.3 is 6.03 Å². The Kier molecular flexibility index (Phi) is 8.93. The molecule has 0 fully saturated rings. The Labute approximate surface area is 200 Å². The molecular weight excluding hydrogens is 432 g/mol. The highest BCUT2D eigenvalue weighted by Gasteiger charge is 2.17. The maximum absolute atomic E-state index is 13.2. The van der Waals surface area contributed by atoms with Crippen molar-refractivity contribution in [1.29, 1.82) is 0 Å². The lowest BCUT2D eigenvalue weighted by atomic mass is 10.1. The third-order valence-corrected chi connectivity index (χ3v) is 5.91. The number of hydrogen-bond acceptors (Lipinski definition) is 5. The van der Waals surface area contributed by atoms with Crippen LogP contribution in [0.5, 0.6) is 11.5 Å². The molecule has 2 aromatic carbocycles. The topological polar surface area (TPSA) is 86.9 Å². The van der Waals surface area contributed by atoms with Crippen LogP contribution >= 0.6 is 0 Å². The van der Waals surface area contributed by atoms with Gasteiger partial charge in [0.05, 0.1) is 20.8 Å². The molecule has 0 aliphatic rings. The van der Waals surface area contributed by atoms with Crippen molar-refractivity contribution in [3.8, 4) is 11.5 Å². The van der Waals surface area contributed by atoms with Crippen molar-refractivity contribution in [2.75, 3.05) is 45.7 Å². The molecule has 0 unspecified atom stereocenters. The molecule has 2 amide bonds. The van der Waals surface area contributed by atoms with Gasteiger partial charge in [-0.3, -0.25) is 4.79 Å². The number of methoxy groups -OCH3 is 2. The summed E-state index contributed by atoms with van der Waals surface area (Å²) in [6, 6.07) is 14.2. The third-order valence-electron chi connectivity index (χ3n) is 5.91. The van der Waals surface area contributed by atoms with E-state index in [4.69, 9.17) is 9.47 Å². The monoisotopic (exact) mass is 466 g/mol. The number of H-pyrrole nitrogens is 1. The van der Waals surface area contributed by atoms with Gasteiger partial charge in [0, 0.05) is 28.7 Å². The van der Waals surface area contributed by atoms with E-state index in [1.165, 1.54) is 0 Å². The van der Waals surface area contributed by atoms with E-state index in [9.17, 15) is 9.59 Å². The zero-order chi connectivity index (χ0) is 24.5. The van der Waals surface area contributed by atoms with Crippen molar-refractivity contribution >= 4 is 22.6 Å². The Morgan fingerprint density at radius 2 is 1.62 bits per heavy atom. The van der Waals surface area contributed by atoms with Gasteiger partial charge in [0.25, 0.3) is 5.56 Å². The minimum atomic E-state index is -0.255. The van der Waals surface area contributed by atoms with E-state index in [0.717, 1.165) is 37.0 Å². The number of anilines is 1. The van der Waals surface area contributed by atoms with Crippen molar-refractivity contribution in [3.63, 3.8) is 0 Å². The fourth-order valence-corrected chi connectivity index (χ4v) is 3.83. The molecule has 1 heterocycles. The van der Waals surface area contributed by atoms with Crippen LogP contribution < -0.4 is 20.3 Å². The summed E-state index contributed by atoms with van der Waals surface area (Å²) in [7, 11) is 3.21. The standard InChI is InChI=1S/C26H34N4O4/c1-5-29(6-2)14-7-15-30(26(32)27-21-8-10-22(33-3)11-9-21)18-20-16-19-17-23(34-4)12-13-24(19)28-25(20)31/h8-13,16-17H,5-7,14-15,18H2,1-4H3,(H,27,32)(H,28,31). The number of nitrogens with zero attached hydrogens (tertiary/aromatic N) is 2. The molecule has 0 saturated heterocycles. The number of aromatic nitrogens is 1. The number of carbonyl (C=O) groups excluding carboxylic acids is 1. The van der Waals surface area contributed by atoms with Crippen LogP contribution in [-0.4, -0.2) is 61.2 Å². The molecule has 2 N–H and O–H groups in total. The van der Waals surface area contributed by atoms with Gasteiger partial charge in [0.15, 0.2) is 0 Å². The minimum Gasteiger partial charge on any atom is -0.497 e. The van der Waals surface area contributed by atoms with Crippen LogP contribution in [0.15, 0.2) is 53.3 Å². The van der Waals surface area contributed by atoms with Crippen LogP contribution in [0.2, 0.25) is 0 Å². The van der Waals surface area contributed by atoms with Gasteiger partial charge in [-0.05, 0) is 74.6 Å². The SMILES string of the molecule is CCN(CC)CCCN(Cc1cc2cc(OC)ccc2[nH]c1=O)C(=O)Nc1ccc(OC)cc1. The zero-order valence-corrected chi connectivity index (χ0v) is 20.4. The Bertz CT molecular complexity index is 1140. The largest absolute Gasteiger partial charge is 0.497 e. The molecule has 3 aromatic rings. The van der Waals surface area contributed by atoms with E-state index in [0.29, 0.717) is 29.3 Å². The van der Waals surface area contributed by atoms with E-state index < -0.39 is 0 Å². The van der Waals surface area contributed by atoms with E-state index in [2.05, 4.69) is 29.0 Å². The van der Waals surface area contributed by atoms with Gasteiger partial charge in [0.2, 0.25) is 0 Å². The fraction of sp³-hybridized carbons (Fsp3) is 0.385. The number of rotatable bonds is 11. The summed E-state index contributed by atoms with van der Waals surface area (Å²) in [6.07, 6.45) is 0.803. The first kappa shape index (κ1) is 25.1. The summed E-state index contributed by atoms with van der Waals surface area (Å²) in [6.45, 7) is 7.77. The average Bonchev–Trinajstić information content (AvgIpc) is 2.86. The number of aromatic amines is 1. The highest BCUT2D eigenvalue weighted by atomic mass is 16.5. The molecule has 0 aliphatic carbocycles. The van der Waals surface area contributed by atoms with Crippen LogP contribution in [0.4, 0.5) is 10.5 Å². The van der Waals surface area contributed by atoms with Gasteiger partial charge < -0.3 is 29.6 Å². The predicted molar refractivity (Wildman–Crippen MR) is 136 cm³/mol. The second-order valence-electron chi connectivity index (χ2n) is 8.04. The van der Waals surface area contributed by atoms with Crippen molar-refractivity contribution in [2.45, 2.75) is 26.8 Å². The molecule has 0 spiro atoms. The second-order valence-corrected chi connectivity index (χ2v) is 8.04. The van der Waals surface area contributed by atoms with Crippen LogP contribution in [0.1, 0.15) is 25.8 Å². The Balaban J connectivity index is 1.82. The number of carbonyl (C=O) groups is 1. The number of ether oxygens (including phenoxy) is 2. The van der Waals surface area contributed by atoms with Crippen LogP contribution in [0.25, 0.3) is 10.9 Å². The van der Waals surface area contributed by atoms with Crippen LogP contribution in [-0.2, 0) is 6.54 Å². The molecule has 0 aliphatic heterocycles. The van der Waals surface area contributed by atoms with Crippen LogP contribution in [0.3, 0.4) is 0 Å². The van der Waals surface area contributed by atoms with Crippen molar-refractivity contribution in [3.05, 3.63) is 64.4 Å². The second kappa shape index (κ2) is 12.1. The van der Waals surface area contributed by atoms with Crippen molar-refractivity contribution in [2.24, 2.45) is 0 Å². The third kappa shape index (κ3) is 6.51. The zero-order valence-electron chi connectivity index (χ0n) is 20.4. The fourth-order valence-electron chi connectivity index (χ4n) is 3.83. The number of amides is 2. The average molecular weight is 467 g/mol. The first-order valence-electron chi connectivity index (χ1n) is 11.6. The van der Waals surface area contributed by atoms with Gasteiger partial charge in [-0.25, -0.2) is 4.79 Å². The number of nitrogens with one attached hydrogen (secondary N) is 2. The quantitative estimate of drug-likeness (QED) is 0.440.